The highest BCUT2D eigenvalue weighted by Gasteiger charge is 2.35. The van der Waals surface area contributed by atoms with Crippen molar-refractivity contribution in [3.05, 3.63) is 0 Å². The first-order valence-electron chi connectivity index (χ1n) is 6.27. The maximum atomic E-state index is 11.5. The monoisotopic (exact) mass is 242 g/mol. The summed E-state index contributed by atoms with van der Waals surface area (Å²) in [4.78, 5) is 11.5. The van der Waals surface area contributed by atoms with Gasteiger partial charge in [-0.05, 0) is 37.9 Å². The fourth-order valence-corrected chi connectivity index (χ4v) is 3.01. The van der Waals surface area contributed by atoms with Gasteiger partial charge in [0, 0.05) is 17.8 Å². The minimum Gasteiger partial charge on any atom is -0.355 e. The van der Waals surface area contributed by atoms with E-state index in [9.17, 15) is 4.79 Å². The lowest BCUT2D eigenvalue weighted by atomic mass is 9.84. The highest BCUT2D eigenvalue weighted by atomic mass is 32.2. The number of hydrogen-bond donors (Lipinski definition) is 2. The quantitative estimate of drug-likeness (QED) is 0.709. The molecule has 0 spiro atoms. The van der Waals surface area contributed by atoms with Crippen molar-refractivity contribution in [2.75, 3.05) is 25.9 Å². The van der Waals surface area contributed by atoms with Gasteiger partial charge in [-0.3, -0.25) is 4.79 Å². The molecule has 2 aliphatic carbocycles. The van der Waals surface area contributed by atoms with Crippen LogP contribution in [0.5, 0.6) is 0 Å². The molecule has 0 heterocycles. The van der Waals surface area contributed by atoms with Crippen molar-refractivity contribution < 1.29 is 4.79 Å². The van der Waals surface area contributed by atoms with E-state index in [1.54, 1.807) is 0 Å². The van der Waals surface area contributed by atoms with E-state index >= 15 is 0 Å². The zero-order valence-corrected chi connectivity index (χ0v) is 10.9. The lowest BCUT2D eigenvalue weighted by Crippen LogP contribution is -2.46. The molecule has 92 valence electrons. The van der Waals surface area contributed by atoms with Crippen molar-refractivity contribution in [2.24, 2.45) is 5.92 Å². The van der Waals surface area contributed by atoms with Crippen LogP contribution in [0.3, 0.4) is 0 Å². The first-order valence-corrected chi connectivity index (χ1v) is 7.49. The van der Waals surface area contributed by atoms with Gasteiger partial charge in [0.1, 0.15) is 0 Å². The summed E-state index contributed by atoms with van der Waals surface area (Å²) in [5, 5.41) is 6.27. The van der Waals surface area contributed by atoms with E-state index in [2.05, 4.69) is 16.9 Å². The third-order valence-corrected chi connectivity index (χ3v) is 5.13. The van der Waals surface area contributed by atoms with Crippen molar-refractivity contribution in [3.63, 3.8) is 0 Å². The van der Waals surface area contributed by atoms with Crippen LogP contribution in [0.2, 0.25) is 0 Å². The molecule has 0 unspecified atom stereocenters. The summed E-state index contributed by atoms with van der Waals surface area (Å²) >= 11 is 1.94. The van der Waals surface area contributed by atoms with Gasteiger partial charge in [0.15, 0.2) is 0 Å². The van der Waals surface area contributed by atoms with E-state index in [1.165, 1.54) is 32.1 Å². The molecule has 2 saturated carbocycles. The van der Waals surface area contributed by atoms with Crippen LogP contribution in [0.1, 0.15) is 32.1 Å². The predicted octanol–water partition coefficient (Wildman–Crippen LogP) is 1.39. The topological polar surface area (TPSA) is 41.1 Å². The fourth-order valence-electron chi connectivity index (χ4n) is 2.07. The van der Waals surface area contributed by atoms with Gasteiger partial charge in [0.2, 0.25) is 5.91 Å². The number of rotatable bonds is 7. The Balaban J connectivity index is 1.54. The maximum absolute atomic E-state index is 11.5. The average Bonchev–Trinajstić information content (AvgIpc) is 3.03. The van der Waals surface area contributed by atoms with Gasteiger partial charge in [-0.15, -0.1) is 0 Å². The summed E-state index contributed by atoms with van der Waals surface area (Å²) < 4.78 is 0.427. The molecule has 0 aromatic heterocycles. The van der Waals surface area contributed by atoms with E-state index in [0.29, 0.717) is 11.3 Å². The van der Waals surface area contributed by atoms with Crippen molar-refractivity contribution in [1.29, 1.82) is 0 Å². The van der Waals surface area contributed by atoms with Crippen LogP contribution in [0.15, 0.2) is 0 Å². The van der Waals surface area contributed by atoms with E-state index in [4.69, 9.17) is 0 Å². The molecule has 16 heavy (non-hydrogen) atoms. The van der Waals surface area contributed by atoms with E-state index in [1.807, 2.05) is 11.8 Å². The fraction of sp³-hybridized carbons (Fsp3) is 0.917. The second-order valence-corrected chi connectivity index (χ2v) is 6.37. The molecule has 0 radical (unpaired) electrons. The Hall–Kier alpha value is -0.220. The van der Waals surface area contributed by atoms with Gasteiger partial charge in [-0.1, -0.05) is 6.42 Å². The molecule has 0 aromatic carbocycles. The first-order chi connectivity index (χ1) is 7.74. The normalized spacial score (nSPS) is 22.6. The van der Waals surface area contributed by atoms with Gasteiger partial charge >= 0.3 is 0 Å². The molecule has 1 amide bonds. The zero-order valence-electron chi connectivity index (χ0n) is 10.1. The van der Waals surface area contributed by atoms with Crippen molar-refractivity contribution in [1.82, 2.24) is 10.6 Å². The molecule has 2 fully saturated rings. The summed E-state index contributed by atoms with van der Waals surface area (Å²) in [6, 6.07) is 0. The number of hydrogen-bond acceptors (Lipinski definition) is 3. The SMILES string of the molecule is CSC1(CNCC(=O)NCC2CC2)CCC1. The molecule has 0 aliphatic heterocycles. The Morgan fingerprint density at radius 3 is 2.69 bits per heavy atom. The van der Waals surface area contributed by atoms with Crippen LogP contribution in [0, 0.1) is 5.92 Å². The smallest absolute Gasteiger partial charge is 0.233 e. The third-order valence-electron chi connectivity index (χ3n) is 3.72. The summed E-state index contributed by atoms with van der Waals surface area (Å²) in [6.45, 7) is 2.34. The minimum atomic E-state index is 0.155. The molecule has 2 rings (SSSR count). The molecule has 0 atom stereocenters. The first kappa shape index (κ1) is 12.2. The van der Waals surface area contributed by atoms with Crippen LogP contribution in [0.4, 0.5) is 0 Å². The van der Waals surface area contributed by atoms with Crippen molar-refractivity contribution in [2.45, 2.75) is 36.9 Å². The highest BCUT2D eigenvalue weighted by molar-refractivity contribution is 8.00. The predicted molar refractivity (Wildman–Crippen MR) is 68.7 cm³/mol. The van der Waals surface area contributed by atoms with Crippen LogP contribution in [-0.4, -0.2) is 36.5 Å². The second-order valence-electron chi connectivity index (χ2n) is 5.09. The Labute approximate surface area is 102 Å². The van der Waals surface area contributed by atoms with Gasteiger partial charge < -0.3 is 10.6 Å². The molecule has 4 heteroatoms. The van der Waals surface area contributed by atoms with Crippen molar-refractivity contribution in [3.8, 4) is 0 Å². The summed E-state index contributed by atoms with van der Waals surface area (Å²) in [5.41, 5.74) is 0. The summed E-state index contributed by atoms with van der Waals surface area (Å²) in [5.74, 6) is 0.926. The van der Waals surface area contributed by atoms with Crippen LogP contribution in [0.25, 0.3) is 0 Å². The standard InChI is InChI=1S/C12H22N2OS/c1-16-12(5-2-6-12)9-13-8-11(15)14-7-10-3-4-10/h10,13H,2-9H2,1H3,(H,14,15). The maximum Gasteiger partial charge on any atom is 0.233 e. The van der Waals surface area contributed by atoms with Crippen molar-refractivity contribution >= 4 is 17.7 Å². The van der Waals surface area contributed by atoms with Gasteiger partial charge in [0.25, 0.3) is 0 Å². The Kier molecular flexibility index (Phi) is 4.14. The molecule has 0 aromatic rings. The zero-order chi connectivity index (χ0) is 11.4. The average molecular weight is 242 g/mol. The number of nitrogens with one attached hydrogen (secondary N) is 2. The van der Waals surface area contributed by atoms with E-state index in [0.717, 1.165) is 19.0 Å². The molecule has 0 saturated heterocycles. The molecular weight excluding hydrogens is 220 g/mol. The van der Waals surface area contributed by atoms with Gasteiger partial charge in [-0.2, -0.15) is 11.8 Å². The summed E-state index contributed by atoms with van der Waals surface area (Å²) in [7, 11) is 0. The van der Waals surface area contributed by atoms with Gasteiger partial charge in [0.05, 0.1) is 6.54 Å². The highest BCUT2D eigenvalue weighted by Crippen LogP contribution is 2.42. The summed E-state index contributed by atoms with van der Waals surface area (Å²) in [6.07, 6.45) is 8.70. The second kappa shape index (κ2) is 5.41. The lowest BCUT2D eigenvalue weighted by molar-refractivity contribution is -0.120. The molecule has 3 nitrogen and oxygen atoms in total. The number of carbonyl (C=O) groups excluding carboxylic acids is 1. The Morgan fingerprint density at radius 1 is 1.44 bits per heavy atom. The van der Waals surface area contributed by atoms with Crippen LogP contribution >= 0.6 is 11.8 Å². The molecule has 0 bridgehead atoms. The lowest BCUT2D eigenvalue weighted by Gasteiger charge is -2.40. The van der Waals surface area contributed by atoms with Crippen LogP contribution in [-0.2, 0) is 4.79 Å². The molecule has 2 aliphatic rings. The third kappa shape index (κ3) is 3.39. The van der Waals surface area contributed by atoms with Crippen LogP contribution < -0.4 is 10.6 Å². The number of amides is 1. The van der Waals surface area contributed by atoms with E-state index < -0.39 is 0 Å². The van der Waals surface area contributed by atoms with Gasteiger partial charge in [-0.25, -0.2) is 0 Å². The van der Waals surface area contributed by atoms with E-state index in [-0.39, 0.29) is 5.91 Å². The Bertz CT molecular complexity index is 244. The minimum absolute atomic E-state index is 0.155. The number of thioether (sulfide) groups is 1. The number of carbonyl (C=O) groups is 1. The Morgan fingerprint density at radius 2 is 2.19 bits per heavy atom. The molecule has 2 N–H and O–H groups in total. The largest absolute Gasteiger partial charge is 0.355 e. The molecular formula is C12H22N2OS.